The summed E-state index contributed by atoms with van der Waals surface area (Å²) < 4.78 is 12.0. The largest absolute Gasteiger partial charge is 0.496 e. The molecule has 0 aliphatic carbocycles. The van der Waals surface area contributed by atoms with E-state index >= 15 is 0 Å². The van der Waals surface area contributed by atoms with Gasteiger partial charge in [-0.1, -0.05) is 0 Å². The van der Waals surface area contributed by atoms with Crippen LogP contribution in [0.3, 0.4) is 0 Å². The highest BCUT2D eigenvalue weighted by Gasteiger charge is 2.14. The topological polar surface area (TPSA) is 30.5 Å². The Morgan fingerprint density at radius 1 is 1.44 bits per heavy atom. The highest BCUT2D eigenvalue weighted by atomic mass is 79.9. The molecule has 0 amide bonds. The van der Waals surface area contributed by atoms with Crippen molar-refractivity contribution in [3.8, 4) is 11.5 Å². The minimum absolute atomic E-state index is 0.286. The Labute approximate surface area is 104 Å². The molecule has 2 rings (SSSR count). The fourth-order valence-corrected chi connectivity index (χ4v) is 2.35. The molecule has 0 radical (unpaired) electrons. The van der Waals surface area contributed by atoms with Crippen molar-refractivity contribution in [2.75, 3.05) is 20.2 Å². The third-order valence-corrected chi connectivity index (χ3v) is 3.30. The fraction of sp³-hybridized carbons (Fsp3) is 0.500. The molecule has 1 saturated heterocycles. The highest BCUT2D eigenvalue weighted by Crippen LogP contribution is 2.29. The molecular weight excluding hydrogens is 270 g/mol. The summed E-state index contributed by atoms with van der Waals surface area (Å²) in [5, 5.41) is 3.33. The Morgan fingerprint density at radius 3 is 2.94 bits per heavy atom. The lowest BCUT2D eigenvalue weighted by molar-refractivity contribution is 0.167. The zero-order valence-electron chi connectivity index (χ0n) is 9.33. The zero-order valence-corrected chi connectivity index (χ0v) is 10.9. The first-order chi connectivity index (χ1) is 7.79. The number of hydrogen-bond acceptors (Lipinski definition) is 3. The first kappa shape index (κ1) is 11.7. The van der Waals surface area contributed by atoms with Crippen molar-refractivity contribution >= 4 is 15.9 Å². The lowest BCUT2D eigenvalue weighted by atomic mass is 10.1. The maximum atomic E-state index is 5.89. The number of nitrogens with one attached hydrogen (secondary N) is 1. The van der Waals surface area contributed by atoms with Crippen molar-refractivity contribution in [3.05, 3.63) is 22.7 Å². The summed E-state index contributed by atoms with van der Waals surface area (Å²) in [6, 6.07) is 5.81. The smallest absolute Gasteiger partial charge is 0.133 e. The van der Waals surface area contributed by atoms with Gasteiger partial charge in [0.1, 0.15) is 17.6 Å². The minimum atomic E-state index is 0.286. The lowest BCUT2D eigenvalue weighted by Crippen LogP contribution is -2.37. The van der Waals surface area contributed by atoms with E-state index < -0.39 is 0 Å². The normalized spacial score (nSPS) is 20.5. The van der Waals surface area contributed by atoms with Gasteiger partial charge in [-0.2, -0.15) is 0 Å². The summed E-state index contributed by atoms with van der Waals surface area (Å²) in [7, 11) is 1.66. The van der Waals surface area contributed by atoms with Crippen LogP contribution in [0.25, 0.3) is 0 Å². The van der Waals surface area contributed by atoms with E-state index in [1.807, 2.05) is 18.2 Å². The summed E-state index contributed by atoms with van der Waals surface area (Å²) in [5.74, 6) is 1.72. The molecule has 0 bridgehead atoms. The zero-order chi connectivity index (χ0) is 11.4. The molecule has 1 aliphatic heterocycles. The molecule has 0 saturated carbocycles. The Kier molecular flexibility index (Phi) is 4.07. The van der Waals surface area contributed by atoms with Crippen LogP contribution in [-0.2, 0) is 0 Å². The third kappa shape index (κ3) is 2.89. The van der Waals surface area contributed by atoms with E-state index in [1.165, 1.54) is 6.42 Å². The van der Waals surface area contributed by atoms with Gasteiger partial charge in [-0.15, -0.1) is 0 Å². The molecule has 1 atom stereocenters. The van der Waals surface area contributed by atoms with Gasteiger partial charge in [-0.05, 0) is 53.5 Å². The molecule has 1 N–H and O–H groups in total. The molecule has 16 heavy (non-hydrogen) atoms. The minimum Gasteiger partial charge on any atom is -0.496 e. The molecule has 0 spiro atoms. The predicted molar refractivity (Wildman–Crippen MR) is 67.2 cm³/mol. The number of ether oxygens (including phenoxy) is 2. The van der Waals surface area contributed by atoms with E-state index in [1.54, 1.807) is 7.11 Å². The monoisotopic (exact) mass is 285 g/mol. The maximum absolute atomic E-state index is 5.89. The summed E-state index contributed by atoms with van der Waals surface area (Å²) in [4.78, 5) is 0. The van der Waals surface area contributed by atoms with Crippen LogP contribution in [0.5, 0.6) is 11.5 Å². The number of rotatable bonds is 3. The Balaban J connectivity index is 2.01. The quantitative estimate of drug-likeness (QED) is 0.926. The number of methoxy groups -OCH3 is 1. The van der Waals surface area contributed by atoms with Crippen LogP contribution in [0, 0.1) is 0 Å². The number of halogens is 1. The second kappa shape index (κ2) is 5.55. The van der Waals surface area contributed by atoms with Gasteiger partial charge in [0.15, 0.2) is 0 Å². The molecule has 1 aliphatic rings. The van der Waals surface area contributed by atoms with Gasteiger partial charge in [-0.25, -0.2) is 0 Å². The fourth-order valence-electron chi connectivity index (χ4n) is 1.83. The van der Waals surface area contributed by atoms with Gasteiger partial charge in [0.25, 0.3) is 0 Å². The summed E-state index contributed by atoms with van der Waals surface area (Å²) in [6.45, 7) is 2.04. The van der Waals surface area contributed by atoms with Gasteiger partial charge in [-0.3, -0.25) is 0 Å². The standard InChI is InChI=1S/C12H16BrNO2/c1-15-12-5-4-9(7-11(12)13)16-10-3-2-6-14-8-10/h4-5,7,10,14H,2-3,6,8H2,1H3. The van der Waals surface area contributed by atoms with E-state index in [-0.39, 0.29) is 6.10 Å². The first-order valence-electron chi connectivity index (χ1n) is 5.50. The predicted octanol–water partition coefficient (Wildman–Crippen LogP) is 2.59. The van der Waals surface area contributed by atoms with Crippen LogP contribution in [0.2, 0.25) is 0 Å². The Bertz CT molecular complexity index is 351. The Morgan fingerprint density at radius 2 is 2.31 bits per heavy atom. The van der Waals surface area contributed by atoms with Gasteiger partial charge in [0.2, 0.25) is 0 Å². The van der Waals surface area contributed by atoms with Crippen molar-refractivity contribution in [3.63, 3.8) is 0 Å². The summed E-state index contributed by atoms with van der Waals surface area (Å²) in [5.41, 5.74) is 0. The van der Waals surface area contributed by atoms with E-state index in [0.717, 1.165) is 35.5 Å². The third-order valence-electron chi connectivity index (χ3n) is 2.68. The molecular formula is C12H16BrNO2. The molecule has 4 heteroatoms. The number of hydrogen-bond donors (Lipinski definition) is 1. The first-order valence-corrected chi connectivity index (χ1v) is 6.30. The van der Waals surface area contributed by atoms with Crippen molar-refractivity contribution in [1.82, 2.24) is 5.32 Å². The van der Waals surface area contributed by atoms with Crippen LogP contribution in [0.1, 0.15) is 12.8 Å². The molecule has 1 unspecified atom stereocenters. The van der Waals surface area contributed by atoms with Crippen molar-refractivity contribution in [2.24, 2.45) is 0 Å². The van der Waals surface area contributed by atoms with Gasteiger partial charge in [0.05, 0.1) is 11.6 Å². The lowest BCUT2D eigenvalue weighted by Gasteiger charge is -2.24. The molecule has 1 aromatic rings. The van der Waals surface area contributed by atoms with Crippen molar-refractivity contribution in [2.45, 2.75) is 18.9 Å². The van der Waals surface area contributed by atoms with Gasteiger partial charge >= 0.3 is 0 Å². The second-order valence-corrected chi connectivity index (χ2v) is 4.74. The molecule has 0 aromatic heterocycles. The van der Waals surface area contributed by atoms with E-state index in [2.05, 4.69) is 21.2 Å². The van der Waals surface area contributed by atoms with Crippen LogP contribution in [0.4, 0.5) is 0 Å². The van der Waals surface area contributed by atoms with Crippen LogP contribution in [-0.4, -0.2) is 26.3 Å². The second-order valence-electron chi connectivity index (χ2n) is 3.88. The summed E-state index contributed by atoms with van der Waals surface area (Å²) >= 11 is 3.45. The van der Waals surface area contributed by atoms with Gasteiger partial charge in [0, 0.05) is 6.54 Å². The average Bonchev–Trinajstić information content (AvgIpc) is 2.31. The molecule has 1 aromatic carbocycles. The van der Waals surface area contributed by atoms with Crippen molar-refractivity contribution in [1.29, 1.82) is 0 Å². The van der Waals surface area contributed by atoms with Crippen LogP contribution in [0.15, 0.2) is 22.7 Å². The highest BCUT2D eigenvalue weighted by molar-refractivity contribution is 9.10. The Hall–Kier alpha value is -0.740. The van der Waals surface area contributed by atoms with Crippen molar-refractivity contribution < 1.29 is 9.47 Å². The molecule has 3 nitrogen and oxygen atoms in total. The van der Waals surface area contributed by atoms with E-state index in [4.69, 9.17) is 9.47 Å². The SMILES string of the molecule is COc1ccc(OC2CCCNC2)cc1Br. The molecule has 1 fully saturated rings. The number of benzene rings is 1. The van der Waals surface area contributed by atoms with Crippen LogP contribution < -0.4 is 14.8 Å². The van der Waals surface area contributed by atoms with Crippen LogP contribution >= 0.6 is 15.9 Å². The molecule has 88 valence electrons. The summed E-state index contributed by atoms with van der Waals surface area (Å²) in [6.07, 6.45) is 2.59. The maximum Gasteiger partial charge on any atom is 0.133 e. The number of piperidine rings is 1. The van der Waals surface area contributed by atoms with E-state index in [9.17, 15) is 0 Å². The van der Waals surface area contributed by atoms with Gasteiger partial charge < -0.3 is 14.8 Å². The molecule has 1 heterocycles. The average molecular weight is 286 g/mol. The van der Waals surface area contributed by atoms with E-state index in [0.29, 0.717) is 0 Å².